The van der Waals surface area contributed by atoms with E-state index >= 15 is 0 Å². The maximum Gasteiger partial charge on any atom is 0.223 e. The molecule has 1 rings (SSSR count). The lowest BCUT2D eigenvalue weighted by atomic mass is 10.0. The summed E-state index contributed by atoms with van der Waals surface area (Å²) < 4.78 is 0. The van der Waals surface area contributed by atoms with Gasteiger partial charge in [0.2, 0.25) is 5.91 Å². The molecular formula is C9H17NO2. The largest absolute Gasteiger partial charge is 0.394 e. The number of rotatable bonds is 2. The van der Waals surface area contributed by atoms with Crippen LogP contribution in [0.5, 0.6) is 0 Å². The van der Waals surface area contributed by atoms with Crippen LogP contribution in [-0.4, -0.2) is 34.6 Å². The second kappa shape index (κ2) is 3.90. The summed E-state index contributed by atoms with van der Waals surface area (Å²) >= 11 is 0. The highest BCUT2D eigenvalue weighted by Gasteiger charge is 2.28. The van der Waals surface area contributed by atoms with Gasteiger partial charge in [-0.1, -0.05) is 0 Å². The van der Waals surface area contributed by atoms with Crippen molar-refractivity contribution in [2.24, 2.45) is 0 Å². The number of likely N-dealkylation sites (tertiary alicyclic amines) is 1. The molecule has 1 amide bonds. The minimum absolute atomic E-state index is 0.0613. The minimum Gasteiger partial charge on any atom is -0.394 e. The lowest BCUT2D eigenvalue weighted by Crippen LogP contribution is -2.49. The molecule has 0 aromatic heterocycles. The smallest absolute Gasteiger partial charge is 0.223 e. The van der Waals surface area contributed by atoms with E-state index in [0.29, 0.717) is 6.42 Å². The molecule has 0 aromatic rings. The molecule has 1 saturated heterocycles. The van der Waals surface area contributed by atoms with E-state index in [9.17, 15) is 4.79 Å². The molecule has 0 aliphatic carbocycles. The number of hydrogen-bond donors (Lipinski definition) is 1. The summed E-state index contributed by atoms with van der Waals surface area (Å²) in [6.45, 7) is 4.08. The lowest BCUT2D eigenvalue weighted by Gasteiger charge is -2.37. The van der Waals surface area contributed by atoms with Crippen molar-refractivity contribution in [3.8, 4) is 0 Å². The third-order valence-corrected chi connectivity index (χ3v) is 2.38. The van der Waals surface area contributed by atoms with Gasteiger partial charge in [0.25, 0.3) is 0 Å². The molecule has 12 heavy (non-hydrogen) atoms. The Balaban J connectivity index is 2.66. The number of piperidine rings is 1. The number of carbonyl (C=O) groups is 1. The number of aliphatic hydroxyl groups excluding tert-OH is 1. The van der Waals surface area contributed by atoms with E-state index in [2.05, 4.69) is 0 Å². The van der Waals surface area contributed by atoms with Crippen LogP contribution in [0.25, 0.3) is 0 Å². The van der Waals surface area contributed by atoms with Gasteiger partial charge in [-0.3, -0.25) is 4.79 Å². The van der Waals surface area contributed by atoms with Crippen LogP contribution in [0.3, 0.4) is 0 Å². The van der Waals surface area contributed by atoms with Crippen molar-refractivity contribution in [2.45, 2.75) is 45.2 Å². The monoisotopic (exact) mass is 171 g/mol. The van der Waals surface area contributed by atoms with Gasteiger partial charge in [-0.25, -0.2) is 0 Å². The molecule has 3 heteroatoms. The summed E-state index contributed by atoms with van der Waals surface area (Å²) in [5.74, 6) is 0.190. The van der Waals surface area contributed by atoms with Crippen molar-refractivity contribution in [2.75, 3.05) is 6.61 Å². The van der Waals surface area contributed by atoms with Crippen molar-refractivity contribution in [3.63, 3.8) is 0 Å². The summed E-state index contributed by atoms with van der Waals surface area (Å²) in [4.78, 5) is 13.2. The summed E-state index contributed by atoms with van der Waals surface area (Å²) in [7, 11) is 0. The molecular weight excluding hydrogens is 154 g/mol. The Hall–Kier alpha value is -0.570. The van der Waals surface area contributed by atoms with Gasteiger partial charge < -0.3 is 10.0 Å². The topological polar surface area (TPSA) is 40.5 Å². The molecule has 0 bridgehead atoms. The molecule has 1 heterocycles. The molecule has 1 aliphatic rings. The third kappa shape index (κ3) is 1.78. The molecule has 0 saturated carbocycles. The molecule has 0 radical (unpaired) electrons. The Morgan fingerprint density at radius 1 is 1.67 bits per heavy atom. The maximum absolute atomic E-state index is 11.4. The Morgan fingerprint density at radius 3 is 2.75 bits per heavy atom. The fraction of sp³-hybridized carbons (Fsp3) is 0.889. The van der Waals surface area contributed by atoms with E-state index < -0.39 is 0 Å². The number of carbonyl (C=O) groups excluding carboxylic acids is 1. The second-order valence-corrected chi connectivity index (χ2v) is 3.62. The van der Waals surface area contributed by atoms with Crippen molar-refractivity contribution in [1.82, 2.24) is 4.90 Å². The standard InChI is InChI=1S/C9H17NO2/c1-7(2)10-8(6-11)4-3-5-9(10)12/h7-8,11H,3-6H2,1-2H3. The van der Waals surface area contributed by atoms with Crippen molar-refractivity contribution in [1.29, 1.82) is 0 Å². The predicted octanol–water partition coefficient (Wildman–Crippen LogP) is 0.768. The van der Waals surface area contributed by atoms with E-state index in [1.807, 2.05) is 18.7 Å². The van der Waals surface area contributed by atoms with E-state index in [-0.39, 0.29) is 24.6 Å². The molecule has 0 spiro atoms. The highest BCUT2D eigenvalue weighted by molar-refractivity contribution is 5.77. The first-order valence-electron chi connectivity index (χ1n) is 4.59. The van der Waals surface area contributed by atoms with Crippen molar-refractivity contribution >= 4 is 5.91 Å². The summed E-state index contributed by atoms with van der Waals surface area (Å²) in [5, 5.41) is 9.03. The van der Waals surface area contributed by atoms with E-state index in [1.54, 1.807) is 0 Å². The zero-order chi connectivity index (χ0) is 9.14. The number of amides is 1. The first kappa shape index (κ1) is 9.52. The molecule has 1 unspecified atom stereocenters. The minimum atomic E-state index is 0.0613. The second-order valence-electron chi connectivity index (χ2n) is 3.62. The Kier molecular flexibility index (Phi) is 3.09. The lowest BCUT2D eigenvalue weighted by molar-refractivity contribution is -0.139. The Morgan fingerprint density at radius 2 is 2.33 bits per heavy atom. The average Bonchev–Trinajstić information content (AvgIpc) is 2.03. The SMILES string of the molecule is CC(C)N1C(=O)CCCC1CO. The van der Waals surface area contributed by atoms with Crippen LogP contribution in [0.15, 0.2) is 0 Å². The molecule has 3 nitrogen and oxygen atoms in total. The van der Waals surface area contributed by atoms with Gasteiger partial charge in [0, 0.05) is 12.5 Å². The van der Waals surface area contributed by atoms with Crippen LogP contribution >= 0.6 is 0 Å². The Bertz CT molecular complexity index is 168. The van der Waals surface area contributed by atoms with Crippen LogP contribution in [0, 0.1) is 0 Å². The number of hydrogen-bond acceptors (Lipinski definition) is 2. The molecule has 70 valence electrons. The summed E-state index contributed by atoms with van der Waals surface area (Å²) in [6, 6.07) is 0.279. The fourth-order valence-corrected chi connectivity index (χ4v) is 1.85. The quantitative estimate of drug-likeness (QED) is 0.666. The van der Waals surface area contributed by atoms with Crippen LogP contribution < -0.4 is 0 Å². The third-order valence-electron chi connectivity index (χ3n) is 2.38. The first-order valence-corrected chi connectivity index (χ1v) is 4.59. The Labute approximate surface area is 73.4 Å². The maximum atomic E-state index is 11.4. The van der Waals surface area contributed by atoms with E-state index in [0.717, 1.165) is 12.8 Å². The van der Waals surface area contributed by atoms with E-state index in [1.165, 1.54) is 0 Å². The van der Waals surface area contributed by atoms with Gasteiger partial charge in [-0.15, -0.1) is 0 Å². The van der Waals surface area contributed by atoms with Gasteiger partial charge in [0.1, 0.15) is 0 Å². The predicted molar refractivity (Wildman–Crippen MR) is 46.7 cm³/mol. The molecule has 0 aromatic carbocycles. The van der Waals surface area contributed by atoms with E-state index in [4.69, 9.17) is 5.11 Å². The van der Waals surface area contributed by atoms with Gasteiger partial charge in [-0.05, 0) is 26.7 Å². The zero-order valence-electron chi connectivity index (χ0n) is 7.79. The van der Waals surface area contributed by atoms with Crippen LogP contribution in [0.1, 0.15) is 33.1 Å². The number of aliphatic hydroxyl groups is 1. The van der Waals surface area contributed by atoms with Crippen LogP contribution in [0.2, 0.25) is 0 Å². The highest BCUT2D eigenvalue weighted by Crippen LogP contribution is 2.19. The average molecular weight is 171 g/mol. The normalized spacial score (nSPS) is 25.2. The first-order chi connectivity index (χ1) is 5.66. The molecule has 1 fully saturated rings. The van der Waals surface area contributed by atoms with Gasteiger partial charge >= 0.3 is 0 Å². The van der Waals surface area contributed by atoms with Crippen molar-refractivity contribution < 1.29 is 9.90 Å². The van der Waals surface area contributed by atoms with Crippen LogP contribution in [0.4, 0.5) is 0 Å². The molecule has 1 atom stereocenters. The fourth-order valence-electron chi connectivity index (χ4n) is 1.85. The van der Waals surface area contributed by atoms with Gasteiger partial charge in [0.05, 0.1) is 12.6 Å². The summed E-state index contributed by atoms with van der Waals surface area (Å²) in [6.07, 6.45) is 2.52. The number of nitrogens with zero attached hydrogens (tertiary/aromatic N) is 1. The molecule has 1 aliphatic heterocycles. The molecule has 1 N–H and O–H groups in total. The highest BCUT2D eigenvalue weighted by atomic mass is 16.3. The van der Waals surface area contributed by atoms with Gasteiger partial charge in [-0.2, -0.15) is 0 Å². The summed E-state index contributed by atoms with van der Waals surface area (Å²) in [5.41, 5.74) is 0. The zero-order valence-corrected chi connectivity index (χ0v) is 7.79. The van der Waals surface area contributed by atoms with Crippen molar-refractivity contribution in [3.05, 3.63) is 0 Å². The van der Waals surface area contributed by atoms with Gasteiger partial charge in [0.15, 0.2) is 0 Å². The van der Waals surface area contributed by atoms with Crippen LogP contribution in [-0.2, 0) is 4.79 Å².